The van der Waals surface area contributed by atoms with Crippen LogP contribution in [0.4, 0.5) is 5.82 Å². The molecule has 0 aromatic carbocycles. The second kappa shape index (κ2) is 7.81. The highest BCUT2D eigenvalue weighted by Gasteiger charge is 2.18. The summed E-state index contributed by atoms with van der Waals surface area (Å²) in [5.41, 5.74) is 1.13. The summed E-state index contributed by atoms with van der Waals surface area (Å²) in [7, 11) is 0. The summed E-state index contributed by atoms with van der Waals surface area (Å²) in [4.78, 5) is 9.37. The molecule has 2 rings (SSSR count). The molecule has 0 aliphatic carbocycles. The lowest BCUT2D eigenvalue weighted by Gasteiger charge is -2.35. The smallest absolute Gasteiger partial charge is 0.128 e. The lowest BCUT2D eigenvalue weighted by molar-refractivity contribution is 0.258. The van der Waals surface area contributed by atoms with Gasteiger partial charge >= 0.3 is 0 Å². The van der Waals surface area contributed by atoms with Gasteiger partial charge in [-0.05, 0) is 31.1 Å². The van der Waals surface area contributed by atoms with Crippen LogP contribution in [0.15, 0.2) is 12.3 Å². The third-order valence-corrected chi connectivity index (χ3v) is 4.06. The number of hydrogen-bond donors (Lipinski definition) is 1. The molecule has 0 saturated carbocycles. The number of piperazine rings is 1. The highest BCUT2D eigenvalue weighted by molar-refractivity contribution is 6.31. The Hall–Kier alpha value is -0.840. The molecule has 1 saturated heterocycles. The number of hydrogen-bond acceptors (Lipinski definition) is 4. The topological polar surface area (TPSA) is 31.4 Å². The molecule has 1 aliphatic rings. The fraction of sp³-hybridized carbons (Fsp3) is 0.667. The van der Waals surface area contributed by atoms with Crippen LogP contribution in [0.3, 0.4) is 0 Å². The van der Waals surface area contributed by atoms with E-state index in [2.05, 4.69) is 40.0 Å². The van der Waals surface area contributed by atoms with Crippen molar-refractivity contribution >= 4 is 17.4 Å². The molecular formula is C15H25ClN4. The fourth-order valence-electron chi connectivity index (χ4n) is 2.55. The van der Waals surface area contributed by atoms with Crippen LogP contribution in [0.25, 0.3) is 0 Å². The number of anilines is 1. The van der Waals surface area contributed by atoms with Crippen molar-refractivity contribution in [2.24, 2.45) is 0 Å². The summed E-state index contributed by atoms with van der Waals surface area (Å²) in [6.07, 6.45) is 3.01. The van der Waals surface area contributed by atoms with Gasteiger partial charge in [0.2, 0.25) is 0 Å². The molecule has 1 aromatic rings. The van der Waals surface area contributed by atoms with E-state index in [9.17, 15) is 0 Å². The molecule has 4 nitrogen and oxygen atoms in total. The number of rotatable bonds is 6. The molecule has 1 aliphatic heterocycles. The number of pyridine rings is 1. The Balaban J connectivity index is 1.99. The number of nitrogens with one attached hydrogen (secondary N) is 1. The first-order chi connectivity index (χ1) is 9.74. The molecule has 2 heterocycles. The summed E-state index contributed by atoms with van der Waals surface area (Å²) in [6.45, 7) is 11.6. The zero-order valence-corrected chi connectivity index (χ0v) is 13.3. The van der Waals surface area contributed by atoms with Gasteiger partial charge in [0.25, 0.3) is 0 Å². The fourth-order valence-corrected chi connectivity index (χ4v) is 2.72. The van der Waals surface area contributed by atoms with Crippen molar-refractivity contribution < 1.29 is 0 Å². The molecule has 0 atom stereocenters. The number of nitrogens with zero attached hydrogens (tertiary/aromatic N) is 3. The number of halogens is 1. The molecule has 0 unspecified atom stereocenters. The SMILES string of the molecule is CCCN1CCN(c2cc(CNCC)c(Cl)cn2)CC1. The molecule has 0 amide bonds. The predicted molar refractivity (Wildman–Crippen MR) is 85.6 cm³/mol. The van der Waals surface area contributed by atoms with Gasteiger partial charge in [-0.25, -0.2) is 4.98 Å². The van der Waals surface area contributed by atoms with Crippen LogP contribution >= 0.6 is 11.6 Å². The van der Waals surface area contributed by atoms with Crippen LogP contribution in [-0.4, -0.2) is 49.2 Å². The summed E-state index contributed by atoms with van der Waals surface area (Å²) in [6, 6.07) is 2.13. The molecule has 0 radical (unpaired) electrons. The van der Waals surface area contributed by atoms with Crippen molar-refractivity contribution in [2.45, 2.75) is 26.8 Å². The van der Waals surface area contributed by atoms with Gasteiger partial charge < -0.3 is 10.2 Å². The van der Waals surface area contributed by atoms with Crippen molar-refractivity contribution in [3.05, 3.63) is 22.8 Å². The van der Waals surface area contributed by atoms with Crippen LogP contribution in [0.1, 0.15) is 25.8 Å². The lowest BCUT2D eigenvalue weighted by atomic mass is 10.2. The van der Waals surface area contributed by atoms with Gasteiger partial charge in [0, 0.05) is 38.9 Å². The Bertz CT molecular complexity index is 416. The Labute approximate surface area is 127 Å². The third kappa shape index (κ3) is 4.08. The van der Waals surface area contributed by atoms with E-state index < -0.39 is 0 Å². The summed E-state index contributed by atoms with van der Waals surface area (Å²) >= 11 is 6.21. The quantitative estimate of drug-likeness (QED) is 0.873. The van der Waals surface area contributed by atoms with E-state index in [0.717, 1.165) is 55.7 Å². The maximum Gasteiger partial charge on any atom is 0.128 e. The first-order valence-electron chi connectivity index (χ1n) is 7.57. The van der Waals surface area contributed by atoms with Crippen LogP contribution in [0.5, 0.6) is 0 Å². The molecule has 0 bridgehead atoms. The lowest BCUT2D eigenvalue weighted by Crippen LogP contribution is -2.46. The second-order valence-electron chi connectivity index (χ2n) is 5.24. The predicted octanol–water partition coefficient (Wildman–Crippen LogP) is 2.38. The highest BCUT2D eigenvalue weighted by Crippen LogP contribution is 2.21. The minimum Gasteiger partial charge on any atom is -0.354 e. The Morgan fingerprint density at radius 2 is 2.00 bits per heavy atom. The Morgan fingerprint density at radius 1 is 1.25 bits per heavy atom. The molecule has 112 valence electrons. The average molecular weight is 297 g/mol. The Kier molecular flexibility index (Phi) is 6.07. The minimum atomic E-state index is 0.749. The van der Waals surface area contributed by atoms with Crippen molar-refractivity contribution in [3.8, 4) is 0 Å². The standard InChI is InChI=1S/C15H25ClN4/c1-3-5-19-6-8-20(9-7-19)15-10-13(11-17-4-2)14(16)12-18-15/h10,12,17H,3-9,11H2,1-2H3. The van der Waals surface area contributed by atoms with Crippen molar-refractivity contribution in [2.75, 3.05) is 44.2 Å². The van der Waals surface area contributed by atoms with E-state index in [-0.39, 0.29) is 0 Å². The van der Waals surface area contributed by atoms with E-state index in [1.807, 2.05) is 0 Å². The van der Waals surface area contributed by atoms with Gasteiger partial charge in [0.1, 0.15) is 5.82 Å². The zero-order valence-electron chi connectivity index (χ0n) is 12.5. The van der Waals surface area contributed by atoms with Gasteiger partial charge in [0.15, 0.2) is 0 Å². The van der Waals surface area contributed by atoms with Gasteiger partial charge in [-0.3, -0.25) is 4.90 Å². The van der Waals surface area contributed by atoms with Crippen molar-refractivity contribution in [3.63, 3.8) is 0 Å². The summed E-state index contributed by atoms with van der Waals surface area (Å²) in [5, 5.41) is 4.07. The molecule has 1 N–H and O–H groups in total. The van der Waals surface area contributed by atoms with E-state index in [1.165, 1.54) is 13.0 Å². The van der Waals surface area contributed by atoms with E-state index in [0.29, 0.717) is 0 Å². The molecule has 0 spiro atoms. The van der Waals surface area contributed by atoms with Crippen LogP contribution in [0, 0.1) is 0 Å². The van der Waals surface area contributed by atoms with E-state index in [4.69, 9.17) is 11.6 Å². The monoisotopic (exact) mass is 296 g/mol. The normalized spacial score (nSPS) is 16.6. The maximum absolute atomic E-state index is 6.21. The first-order valence-corrected chi connectivity index (χ1v) is 7.94. The molecule has 5 heteroatoms. The summed E-state index contributed by atoms with van der Waals surface area (Å²) in [5.74, 6) is 1.05. The van der Waals surface area contributed by atoms with Gasteiger partial charge in [-0.2, -0.15) is 0 Å². The second-order valence-corrected chi connectivity index (χ2v) is 5.65. The maximum atomic E-state index is 6.21. The van der Waals surface area contributed by atoms with Gasteiger partial charge in [-0.15, -0.1) is 0 Å². The molecule has 1 aromatic heterocycles. The van der Waals surface area contributed by atoms with Gasteiger partial charge in [0.05, 0.1) is 5.02 Å². The van der Waals surface area contributed by atoms with Crippen LogP contribution < -0.4 is 10.2 Å². The summed E-state index contributed by atoms with van der Waals surface area (Å²) < 4.78 is 0. The van der Waals surface area contributed by atoms with Crippen LogP contribution in [0.2, 0.25) is 5.02 Å². The van der Waals surface area contributed by atoms with E-state index >= 15 is 0 Å². The third-order valence-electron chi connectivity index (χ3n) is 3.72. The molecular weight excluding hydrogens is 272 g/mol. The Morgan fingerprint density at radius 3 is 2.65 bits per heavy atom. The van der Waals surface area contributed by atoms with Crippen molar-refractivity contribution in [1.82, 2.24) is 15.2 Å². The number of aromatic nitrogens is 1. The zero-order chi connectivity index (χ0) is 14.4. The molecule has 20 heavy (non-hydrogen) atoms. The van der Waals surface area contributed by atoms with Crippen molar-refractivity contribution in [1.29, 1.82) is 0 Å². The van der Waals surface area contributed by atoms with Crippen LogP contribution in [-0.2, 0) is 6.54 Å². The van der Waals surface area contributed by atoms with Gasteiger partial charge in [-0.1, -0.05) is 25.4 Å². The average Bonchev–Trinajstić information content (AvgIpc) is 2.48. The molecule has 1 fully saturated rings. The minimum absolute atomic E-state index is 0.749. The highest BCUT2D eigenvalue weighted by atomic mass is 35.5. The van der Waals surface area contributed by atoms with E-state index in [1.54, 1.807) is 6.20 Å². The largest absolute Gasteiger partial charge is 0.354 e. The first kappa shape index (κ1) is 15.5.